The van der Waals surface area contributed by atoms with Gasteiger partial charge in [-0.15, -0.1) is 0 Å². The van der Waals surface area contributed by atoms with Crippen LogP contribution in [0.15, 0.2) is 60.7 Å². The van der Waals surface area contributed by atoms with Crippen LogP contribution in [-0.4, -0.2) is 37.6 Å². The van der Waals surface area contributed by atoms with Gasteiger partial charge >= 0.3 is 113 Å². The molecule has 0 radical (unpaired) electrons. The molecule has 2 aromatic carbocycles. The summed E-state index contributed by atoms with van der Waals surface area (Å²) < 4.78 is 130. The maximum atomic E-state index is 12.1. The van der Waals surface area contributed by atoms with E-state index in [1.807, 2.05) is 0 Å². The molecule has 0 atom stereocenters. The summed E-state index contributed by atoms with van der Waals surface area (Å²) in [5.74, 6) is 2.37. The minimum absolute atomic E-state index is 0.779. The second kappa shape index (κ2) is 9.52. The summed E-state index contributed by atoms with van der Waals surface area (Å²) in [4.78, 5) is 10.1. The first-order chi connectivity index (χ1) is 13.9. The molecule has 174 valence electrons. The third kappa shape index (κ3) is 5.83. The van der Waals surface area contributed by atoms with Crippen molar-refractivity contribution in [1.82, 2.24) is 0 Å². The SMILES string of the molecule is C[Se+](c1ccccc1)c1ccccc1.O=P([O-])(C(F)(F)C(F)(F)F)C(F)(F)C(F)(F)F. The molecular weight excluding hydrogens is 536 g/mol. The molecule has 14 heteroatoms. The number of rotatable bonds is 4. The van der Waals surface area contributed by atoms with Crippen LogP contribution in [0.5, 0.6) is 0 Å². The fraction of sp³-hybridized carbons (Fsp3) is 0.294. The van der Waals surface area contributed by atoms with E-state index in [-0.39, 0.29) is 0 Å². The summed E-state index contributed by atoms with van der Waals surface area (Å²) in [5.41, 5.74) is -14.4. The van der Waals surface area contributed by atoms with Crippen molar-refractivity contribution in [2.75, 3.05) is 0 Å². The fourth-order valence-electron chi connectivity index (χ4n) is 1.90. The Kier molecular flexibility index (Phi) is 8.44. The smallest absolute Gasteiger partial charge is 0.459 e. The predicted molar refractivity (Wildman–Crippen MR) is 93.4 cm³/mol. The number of halogens is 10. The summed E-state index contributed by atoms with van der Waals surface area (Å²) in [6.07, 6.45) is -14.2. The predicted octanol–water partition coefficient (Wildman–Crippen LogP) is 4.86. The molecular formula is C17H13F10O2PSe. The van der Waals surface area contributed by atoms with Gasteiger partial charge in [0.25, 0.3) is 0 Å². The second-order valence-electron chi connectivity index (χ2n) is 5.77. The van der Waals surface area contributed by atoms with Crippen LogP contribution >= 0.6 is 7.37 Å². The molecule has 2 rings (SSSR count). The number of hydrogen-bond donors (Lipinski definition) is 0. The molecule has 0 aromatic heterocycles. The van der Waals surface area contributed by atoms with Crippen molar-refractivity contribution in [2.24, 2.45) is 0 Å². The van der Waals surface area contributed by atoms with E-state index in [1.54, 1.807) is 0 Å². The van der Waals surface area contributed by atoms with Gasteiger partial charge in [-0.1, -0.05) is 0 Å². The monoisotopic (exact) mass is 550 g/mol. The first kappa shape index (κ1) is 27.5. The van der Waals surface area contributed by atoms with E-state index in [1.165, 1.54) is 8.92 Å². The Labute approximate surface area is 174 Å². The summed E-state index contributed by atoms with van der Waals surface area (Å²) in [6.45, 7) is 0. The van der Waals surface area contributed by atoms with Crippen LogP contribution in [0.2, 0.25) is 5.82 Å². The molecule has 0 unspecified atom stereocenters. The van der Waals surface area contributed by atoms with Gasteiger partial charge in [0.2, 0.25) is 0 Å². The minimum Gasteiger partial charge on any atom is -0.790 e. The van der Waals surface area contributed by atoms with Gasteiger partial charge in [0.15, 0.2) is 7.37 Å². The van der Waals surface area contributed by atoms with Gasteiger partial charge in [0.1, 0.15) is 0 Å². The molecule has 0 aliphatic rings. The molecule has 0 spiro atoms. The van der Waals surface area contributed by atoms with Gasteiger partial charge in [0, 0.05) is 0 Å². The Balaban J connectivity index is 0.000000314. The van der Waals surface area contributed by atoms with Crippen LogP contribution in [-0.2, 0) is 4.57 Å². The van der Waals surface area contributed by atoms with Crippen molar-refractivity contribution < 1.29 is 53.4 Å². The Morgan fingerprint density at radius 1 is 0.645 bits per heavy atom. The van der Waals surface area contributed by atoms with Crippen LogP contribution in [0.3, 0.4) is 0 Å². The Morgan fingerprint density at radius 2 is 0.903 bits per heavy atom. The normalized spacial score (nSPS) is 13.6. The standard InChI is InChI=1S/C13H13Se.C4HF10O2P/c1-14(12-8-4-2-5-9-12)13-10-6-3-7-11-13;5-1(6,7)3(11,12)17(15,16)4(13,14)2(8,9)10/h2-11H,1H3;(H,15,16)/q+1;/p-1. The average molecular weight is 549 g/mol. The van der Waals surface area contributed by atoms with Gasteiger partial charge in [-0.25, -0.2) is 0 Å². The quantitative estimate of drug-likeness (QED) is 0.311. The van der Waals surface area contributed by atoms with E-state index in [2.05, 4.69) is 66.5 Å². The first-order valence-electron chi connectivity index (χ1n) is 7.84. The molecule has 0 N–H and O–H groups in total. The van der Waals surface area contributed by atoms with Crippen molar-refractivity contribution >= 4 is 30.2 Å². The molecule has 0 amide bonds. The first-order valence-corrected chi connectivity index (χ1v) is 12.9. The Hall–Kier alpha value is -1.55. The topological polar surface area (TPSA) is 40.1 Å². The summed E-state index contributed by atoms with van der Waals surface area (Å²) in [5, 5.41) is 0. The van der Waals surface area contributed by atoms with Crippen molar-refractivity contribution in [3.63, 3.8) is 0 Å². The van der Waals surface area contributed by atoms with Crippen LogP contribution in [0.1, 0.15) is 0 Å². The summed E-state index contributed by atoms with van der Waals surface area (Å²) in [6, 6.07) is 21.6. The number of benzene rings is 2. The number of alkyl halides is 10. The van der Waals surface area contributed by atoms with E-state index in [4.69, 9.17) is 0 Å². The molecule has 0 saturated carbocycles. The maximum Gasteiger partial charge on any atom is 0.459 e. The minimum atomic E-state index is -8.51. The number of hydrogen-bond acceptors (Lipinski definition) is 2. The molecule has 0 bridgehead atoms. The van der Waals surface area contributed by atoms with Crippen LogP contribution < -0.4 is 13.8 Å². The Morgan fingerprint density at radius 3 is 1.13 bits per heavy atom. The average Bonchev–Trinajstić information content (AvgIpc) is 2.67. The van der Waals surface area contributed by atoms with Crippen LogP contribution in [0, 0.1) is 0 Å². The third-order valence-corrected chi connectivity index (χ3v) is 9.71. The molecule has 2 aromatic rings. The fourth-order valence-corrected chi connectivity index (χ4v) is 5.86. The zero-order valence-electron chi connectivity index (χ0n) is 15.2. The molecule has 0 saturated heterocycles. The van der Waals surface area contributed by atoms with Gasteiger partial charge in [-0.2, -0.15) is 43.9 Å². The second-order valence-corrected chi connectivity index (χ2v) is 12.1. The largest absolute Gasteiger partial charge is 0.790 e. The van der Waals surface area contributed by atoms with Gasteiger partial charge in [-0.3, -0.25) is 0 Å². The van der Waals surface area contributed by atoms with E-state index >= 15 is 0 Å². The molecule has 31 heavy (non-hydrogen) atoms. The van der Waals surface area contributed by atoms with Gasteiger partial charge in [0.05, 0.1) is 0 Å². The van der Waals surface area contributed by atoms with Gasteiger partial charge < -0.3 is 9.46 Å². The van der Waals surface area contributed by atoms with Crippen molar-refractivity contribution in [1.29, 1.82) is 0 Å². The summed E-state index contributed by atoms with van der Waals surface area (Å²) in [7, 11) is -8.51. The van der Waals surface area contributed by atoms with Crippen LogP contribution in [0.25, 0.3) is 0 Å². The third-order valence-electron chi connectivity index (χ3n) is 3.62. The van der Waals surface area contributed by atoms with E-state index < -0.39 is 44.9 Å². The molecule has 2 nitrogen and oxygen atoms in total. The van der Waals surface area contributed by atoms with Gasteiger partial charge in [-0.05, 0) is 0 Å². The van der Waals surface area contributed by atoms with Crippen molar-refractivity contribution in [3.8, 4) is 0 Å². The van der Waals surface area contributed by atoms with Crippen molar-refractivity contribution in [2.45, 2.75) is 29.5 Å². The molecule has 0 heterocycles. The van der Waals surface area contributed by atoms with Crippen LogP contribution in [0.4, 0.5) is 43.9 Å². The zero-order chi connectivity index (χ0) is 24.3. The van der Waals surface area contributed by atoms with Crippen molar-refractivity contribution in [3.05, 3.63) is 60.7 Å². The van der Waals surface area contributed by atoms with E-state index in [0.29, 0.717) is 0 Å². The summed E-state index contributed by atoms with van der Waals surface area (Å²) >= 11 is -0.779. The molecule has 0 fully saturated rings. The molecule has 0 aliphatic carbocycles. The van der Waals surface area contributed by atoms with E-state index in [0.717, 1.165) is 0 Å². The van der Waals surface area contributed by atoms with E-state index in [9.17, 15) is 53.4 Å². The maximum absolute atomic E-state index is 12.1. The zero-order valence-corrected chi connectivity index (χ0v) is 17.8. The molecule has 0 aliphatic heterocycles. The Bertz CT molecular complexity index is 816.